The highest BCUT2D eigenvalue weighted by atomic mass is 32.1. The highest BCUT2D eigenvalue weighted by Gasteiger charge is 2.23. The SMILES string of the molecule is Cc1nn(Cc2nc(N)c3c4c(sc3n2)CCCC4)c(C)c1[N+](=O)[O-]. The highest BCUT2D eigenvalue weighted by molar-refractivity contribution is 7.19. The number of aryl methyl sites for hydroxylation is 3. The summed E-state index contributed by atoms with van der Waals surface area (Å²) in [5.74, 6) is 1.03. The Balaban J connectivity index is 1.76. The molecule has 0 unspecified atom stereocenters. The first-order chi connectivity index (χ1) is 12.0. The molecule has 0 radical (unpaired) electrons. The predicted molar refractivity (Wildman–Crippen MR) is 95.9 cm³/mol. The number of thiophene rings is 1. The van der Waals surface area contributed by atoms with Crippen LogP contribution in [0.2, 0.25) is 0 Å². The molecule has 0 saturated heterocycles. The molecule has 1 aliphatic carbocycles. The van der Waals surface area contributed by atoms with Crippen LogP contribution in [0.15, 0.2) is 0 Å². The molecule has 130 valence electrons. The molecule has 25 heavy (non-hydrogen) atoms. The zero-order chi connectivity index (χ0) is 17.7. The van der Waals surface area contributed by atoms with E-state index in [2.05, 4.69) is 15.1 Å². The summed E-state index contributed by atoms with van der Waals surface area (Å²) in [5, 5.41) is 16.4. The summed E-state index contributed by atoms with van der Waals surface area (Å²) in [5.41, 5.74) is 8.45. The molecule has 0 bridgehead atoms. The molecule has 3 aromatic heterocycles. The van der Waals surface area contributed by atoms with E-state index >= 15 is 0 Å². The van der Waals surface area contributed by atoms with Crippen LogP contribution in [0.25, 0.3) is 10.2 Å². The fourth-order valence-electron chi connectivity index (χ4n) is 3.54. The molecule has 0 atom stereocenters. The van der Waals surface area contributed by atoms with Crippen molar-refractivity contribution in [3.05, 3.63) is 37.8 Å². The van der Waals surface area contributed by atoms with Gasteiger partial charge in [-0.3, -0.25) is 14.8 Å². The first-order valence-corrected chi connectivity index (χ1v) is 9.02. The summed E-state index contributed by atoms with van der Waals surface area (Å²) in [6.45, 7) is 3.58. The van der Waals surface area contributed by atoms with Gasteiger partial charge in [0.05, 0.1) is 10.3 Å². The van der Waals surface area contributed by atoms with Crippen LogP contribution < -0.4 is 5.73 Å². The second-order valence-corrected chi connectivity index (χ2v) is 7.43. The van der Waals surface area contributed by atoms with E-state index in [4.69, 9.17) is 5.73 Å². The quantitative estimate of drug-likeness (QED) is 0.569. The monoisotopic (exact) mass is 358 g/mol. The van der Waals surface area contributed by atoms with E-state index in [-0.39, 0.29) is 12.2 Å². The number of nitrogen functional groups attached to an aromatic ring is 1. The van der Waals surface area contributed by atoms with Gasteiger partial charge in [0.15, 0.2) is 5.82 Å². The maximum absolute atomic E-state index is 11.2. The van der Waals surface area contributed by atoms with Gasteiger partial charge in [0.2, 0.25) is 0 Å². The van der Waals surface area contributed by atoms with Crippen molar-refractivity contribution in [2.75, 3.05) is 5.73 Å². The van der Waals surface area contributed by atoms with Gasteiger partial charge in [0.1, 0.15) is 28.6 Å². The van der Waals surface area contributed by atoms with Gasteiger partial charge in [-0.15, -0.1) is 11.3 Å². The third kappa shape index (κ3) is 2.55. The molecule has 8 nitrogen and oxygen atoms in total. The van der Waals surface area contributed by atoms with Crippen molar-refractivity contribution in [2.45, 2.75) is 46.1 Å². The summed E-state index contributed by atoms with van der Waals surface area (Å²) in [7, 11) is 0. The minimum Gasteiger partial charge on any atom is -0.383 e. The lowest BCUT2D eigenvalue weighted by Gasteiger charge is -2.10. The Morgan fingerprint density at radius 2 is 2.04 bits per heavy atom. The van der Waals surface area contributed by atoms with Gasteiger partial charge in [-0.2, -0.15) is 5.10 Å². The van der Waals surface area contributed by atoms with Gasteiger partial charge in [-0.05, 0) is 45.1 Å². The van der Waals surface area contributed by atoms with E-state index in [1.54, 1.807) is 29.9 Å². The lowest BCUT2D eigenvalue weighted by atomic mass is 9.97. The number of fused-ring (bicyclic) bond motifs is 3. The van der Waals surface area contributed by atoms with Crippen molar-refractivity contribution in [1.82, 2.24) is 19.7 Å². The number of anilines is 1. The fourth-order valence-corrected chi connectivity index (χ4v) is 4.83. The lowest BCUT2D eigenvalue weighted by Crippen LogP contribution is -2.09. The summed E-state index contributed by atoms with van der Waals surface area (Å²) in [6, 6.07) is 0. The number of nitro groups is 1. The summed E-state index contributed by atoms with van der Waals surface area (Å²) in [6.07, 6.45) is 4.49. The van der Waals surface area contributed by atoms with E-state index in [0.717, 1.165) is 23.1 Å². The number of hydrogen-bond donors (Lipinski definition) is 1. The molecule has 2 N–H and O–H groups in total. The van der Waals surface area contributed by atoms with Crippen LogP contribution in [0.3, 0.4) is 0 Å². The number of aromatic nitrogens is 4. The summed E-state index contributed by atoms with van der Waals surface area (Å²) in [4.78, 5) is 22.1. The summed E-state index contributed by atoms with van der Waals surface area (Å²) >= 11 is 1.69. The van der Waals surface area contributed by atoms with E-state index in [1.165, 1.54) is 23.3 Å². The topological polar surface area (TPSA) is 113 Å². The van der Waals surface area contributed by atoms with Gasteiger partial charge in [0, 0.05) is 4.88 Å². The molecule has 4 rings (SSSR count). The van der Waals surface area contributed by atoms with Crippen LogP contribution in [0.5, 0.6) is 0 Å². The zero-order valence-electron chi connectivity index (χ0n) is 14.1. The van der Waals surface area contributed by atoms with E-state index in [9.17, 15) is 10.1 Å². The zero-order valence-corrected chi connectivity index (χ0v) is 14.9. The molecule has 9 heteroatoms. The Morgan fingerprint density at radius 3 is 2.76 bits per heavy atom. The number of nitrogens with two attached hydrogens (primary N) is 1. The van der Waals surface area contributed by atoms with Crippen LogP contribution in [-0.2, 0) is 19.4 Å². The van der Waals surface area contributed by atoms with Crippen LogP contribution in [0, 0.1) is 24.0 Å². The lowest BCUT2D eigenvalue weighted by molar-refractivity contribution is -0.386. The van der Waals surface area contributed by atoms with Gasteiger partial charge in [-0.25, -0.2) is 9.97 Å². The second kappa shape index (κ2) is 5.76. The molecule has 1 aliphatic rings. The van der Waals surface area contributed by atoms with Gasteiger partial charge >= 0.3 is 5.69 Å². The Bertz CT molecular complexity index is 1010. The molecule has 3 heterocycles. The Labute approximate surface area is 147 Å². The molecule has 0 amide bonds. The molecule has 0 fully saturated rings. The highest BCUT2D eigenvalue weighted by Crippen LogP contribution is 2.37. The minimum atomic E-state index is -0.403. The fraction of sp³-hybridized carbons (Fsp3) is 0.438. The number of nitrogens with zero attached hydrogens (tertiary/aromatic N) is 5. The smallest absolute Gasteiger partial charge is 0.312 e. The van der Waals surface area contributed by atoms with Crippen LogP contribution in [0.4, 0.5) is 11.5 Å². The van der Waals surface area contributed by atoms with Crippen LogP contribution >= 0.6 is 11.3 Å². The average Bonchev–Trinajstić information content (AvgIpc) is 3.04. The molecule has 0 spiro atoms. The third-order valence-electron chi connectivity index (χ3n) is 4.71. The standard InChI is InChI=1S/C16H18N6O2S/c1-8-14(22(23)24)9(2)21(20-8)7-12-18-15(17)13-10-5-3-4-6-11(10)25-16(13)19-12/h3-7H2,1-2H3,(H2,17,18,19). The molecule has 3 aromatic rings. The van der Waals surface area contributed by atoms with Gasteiger partial charge < -0.3 is 5.73 Å². The van der Waals surface area contributed by atoms with Crippen molar-refractivity contribution in [3.63, 3.8) is 0 Å². The molecular formula is C16H18N6O2S. The summed E-state index contributed by atoms with van der Waals surface area (Å²) < 4.78 is 1.57. The van der Waals surface area contributed by atoms with E-state index in [0.29, 0.717) is 23.0 Å². The van der Waals surface area contributed by atoms with Gasteiger partial charge in [-0.1, -0.05) is 0 Å². The molecule has 0 saturated carbocycles. The van der Waals surface area contributed by atoms with Crippen molar-refractivity contribution in [2.24, 2.45) is 0 Å². The minimum absolute atomic E-state index is 0.0423. The maximum atomic E-state index is 11.2. The molecule has 0 aromatic carbocycles. The second-order valence-electron chi connectivity index (χ2n) is 6.35. The third-order valence-corrected chi connectivity index (χ3v) is 5.89. The predicted octanol–water partition coefficient (Wildman–Crippen LogP) is 2.92. The van der Waals surface area contributed by atoms with E-state index in [1.807, 2.05) is 0 Å². The van der Waals surface area contributed by atoms with Crippen LogP contribution in [-0.4, -0.2) is 24.7 Å². The van der Waals surface area contributed by atoms with Gasteiger partial charge in [0.25, 0.3) is 0 Å². The van der Waals surface area contributed by atoms with Crippen molar-refractivity contribution in [3.8, 4) is 0 Å². The average molecular weight is 358 g/mol. The van der Waals surface area contributed by atoms with Crippen molar-refractivity contribution < 1.29 is 4.92 Å². The molecular weight excluding hydrogens is 340 g/mol. The Kier molecular flexibility index (Phi) is 3.68. The Hall–Kier alpha value is -2.55. The van der Waals surface area contributed by atoms with E-state index < -0.39 is 4.92 Å². The number of rotatable bonds is 3. The largest absolute Gasteiger partial charge is 0.383 e. The molecule has 0 aliphatic heterocycles. The normalized spacial score (nSPS) is 14.0. The maximum Gasteiger partial charge on any atom is 0.312 e. The first kappa shape index (κ1) is 15.9. The Morgan fingerprint density at radius 1 is 1.28 bits per heavy atom. The van der Waals surface area contributed by atoms with Crippen molar-refractivity contribution in [1.29, 1.82) is 0 Å². The van der Waals surface area contributed by atoms with Crippen LogP contribution in [0.1, 0.15) is 40.5 Å². The first-order valence-electron chi connectivity index (χ1n) is 8.20. The number of hydrogen-bond acceptors (Lipinski definition) is 7. The van der Waals surface area contributed by atoms with Crippen molar-refractivity contribution >= 4 is 33.1 Å².